The number of nitrogen functional groups attached to an aromatic ring is 1. The van der Waals surface area contributed by atoms with Gasteiger partial charge < -0.3 is 15.7 Å². The first-order chi connectivity index (χ1) is 15.0. The molecule has 7 heteroatoms. The van der Waals surface area contributed by atoms with Gasteiger partial charge in [0.25, 0.3) is 0 Å². The van der Waals surface area contributed by atoms with Gasteiger partial charge in [-0.05, 0) is 69.5 Å². The van der Waals surface area contributed by atoms with Gasteiger partial charge in [0, 0.05) is 47.5 Å². The fourth-order valence-corrected chi connectivity index (χ4v) is 4.78. The second-order valence-electron chi connectivity index (χ2n) is 8.66. The fraction of sp³-hybridized carbons (Fsp3) is 0.375. The standard InChI is InChI=1S/C24H29N7/c1-14-27-23-19(12-22(25)30-24(23)28-14)21-11-16-10-15(4-9-20(16)29-21)13-31(3)18-7-5-17(26-2)6-8-18/h4,9-12,18,29H,5-8,13H2,1-3H3,(H3,25,27,28,30). The number of fused-ring (bicyclic) bond motifs is 2. The number of imidazole rings is 1. The molecule has 160 valence electrons. The molecule has 0 saturated heterocycles. The van der Waals surface area contributed by atoms with Crippen LogP contribution >= 0.6 is 0 Å². The van der Waals surface area contributed by atoms with Crippen LogP contribution in [0.15, 0.2) is 35.3 Å². The summed E-state index contributed by atoms with van der Waals surface area (Å²) in [4.78, 5) is 22.5. The molecule has 1 fully saturated rings. The summed E-state index contributed by atoms with van der Waals surface area (Å²) in [6.07, 6.45) is 4.65. The Hall–Kier alpha value is -3.19. The number of aromatic amines is 2. The topological polar surface area (TPSA) is 99.0 Å². The van der Waals surface area contributed by atoms with E-state index in [2.05, 4.69) is 61.1 Å². The molecule has 3 heterocycles. The molecule has 7 nitrogen and oxygen atoms in total. The van der Waals surface area contributed by atoms with Crippen LogP contribution in [0.5, 0.6) is 0 Å². The van der Waals surface area contributed by atoms with E-state index < -0.39 is 0 Å². The molecule has 0 radical (unpaired) electrons. The molecule has 5 rings (SSSR count). The Morgan fingerprint density at radius 3 is 2.71 bits per heavy atom. The van der Waals surface area contributed by atoms with Gasteiger partial charge in [-0.25, -0.2) is 9.97 Å². The minimum absolute atomic E-state index is 0.471. The van der Waals surface area contributed by atoms with Crippen molar-refractivity contribution in [1.82, 2.24) is 24.8 Å². The summed E-state index contributed by atoms with van der Waals surface area (Å²) in [5, 5.41) is 1.20. The summed E-state index contributed by atoms with van der Waals surface area (Å²) in [6, 6.07) is 11.4. The van der Waals surface area contributed by atoms with Crippen LogP contribution in [0, 0.1) is 6.92 Å². The van der Waals surface area contributed by atoms with Gasteiger partial charge in [0.2, 0.25) is 0 Å². The van der Waals surface area contributed by atoms with E-state index in [1.54, 1.807) is 0 Å². The van der Waals surface area contributed by atoms with E-state index in [4.69, 9.17) is 5.73 Å². The maximum absolute atomic E-state index is 6.04. The summed E-state index contributed by atoms with van der Waals surface area (Å²) < 4.78 is 0. The molecule has 1 aliphatic carbocycles. The minimum Gasteiger partial charge on any atom is -0.384 e. The van der Waals surface area contributed by atoms with Crippen LogP contribution in [0.3, 0.4) is 0 Å². The average molecular weight is 416 g/mol. The lowest BCUT2D eigenvalue weighted by molar-refractivity contribution is 0.208. The second-order valence-corrected chi connectivity index (χ2v) is 8.66. The number of anilines is 1. The molecule has 0 amide bonds. The zero-order valence-corrected chi connectivity index (χ0v) is 18.4. The lowest BCUT2D eigenvalue weighted by Crippen LogP contribution is -2.34. The van der Waals surface area contributed by atoms with E-state index in [-0.39, 0.29) is 0 Å². The van der Waals surface area contributed by atoms with Gasteiger partial charge in [0.05, 0.1) is 5.52 Å². The largest absolute Gasteiger partial charge is 0.384 e. The molecule has 31 heavy (non-hydrogen) atoms. The molecule has 0 bridgehead atoms. The molecule has 4 aromatic rings. The molecular weight excluding hydrogens is 386 g/mol. The number of pyridine rings is 1. The van der Waals surface area contributed by atoms with E-state index >= 15 is 0 Å². The van der Waals surface area contributed by atoms with E-state index in [0.29, 0.717) is 17.5 Å². The van der Waals surface area contributed by atoms with Crippen LogP contribution in [-0.4, -0.2) is 50.7 Å². The Bertz CT molecular complexity index is 1270. The molecule has 1 saturated carbocycles. The second kappa shape index (κ2) is 7.81. The molecule has 3 aromatic heterocycles. The number of nitrogens with zero attached hydrogens (tertiary/aromatic N) is 4. The third kappa shape index (κ3) is 3.81. The van der Waals surface area contributed by atoms with Crippen LogP contribution in [0.4, 0.5) is 5.82 Å². The van der Waals surface area contributed by atoms with Gasteiger partial charge in [-0.1, -0.05) is 6.07 Å². The SMILES string of the molecule is CN=C1CCC(N(C)Cc2ccc3[nH]c(-c4cc(N)nc5nc(C)[nH]c45)cc3c2)CC1. The van der Waals surface area contributed by atoms with Gasteiger partial charge in [-0.2, -0.15) is 0 Å². The lowest BCUT2D eigenvalue weighted by atomic mass is 9.92. The Morgan fingerprint density at radius 1 is 1.13 bits per heavy atom. The zero-order valence-electron chi connectivity index (χ0n) is 18.4. The van der Waals surface area contributed by atoms with Crippen LogP contribution < -0.4 is 5.73 Å². The van der Waals surface area contributed by atoms with Crippen molar-refractivity contribution >= 4 is 33.6 Å². The number of aliphatic imine (C=N–C) groups is 1. The molecule has 1 aromatic carbocycles. The Balaban J connectivity index is 1.41. The highest BCUT2D eigenvalue weighted by molar-refractivity contribution is 5.95. The van der Waals surface area contributed by atoms with Gasteiger partial charge in [-0.15, -0.1) is 0 Å². The summed E-state index contributed by atoms with van der Waals surface area (Å²) in [5.41, 5.74) is 13.4. The number of nitrogens with one attached hydrogen (secondary N) is 2. The molecule has 0 spiro atoms. The fourth-order valence-electron chi connectivity index (χ4n) is 4.78. The number of rotatable bonds is 4. The van der Waals surface area contributed by atoms with Crippen molar-refractivity contribution in [2.75, 3.05) is 19.8 Å². The minimum atomic E-state index is 0.471. The highest BCUT2D eigenvalue weighted by atomic mass is 15.1. The molecule has 4 N–H and O–H groups in total. The molecule has 0 aliphatic heterocycles. The van der Waals surface area contributed by atoms with Crippen molar-refractivity contribution in [3.63, 3.8) is 0 Å². The summed E-state index contributed by atoms with van der Waals surface area (Å²) in [7, 11) is 4.15. The van der Waals surface area contributed by atoms with Crippen LogP contribution in [-0.2, 0) is 6.54 Å². The predicted molar refractivity (Wildman–Crippen MR) is 127 cm³/mol. The number of hydrogen-bond donors (Lipinski definition) is 3. The van der Waals surface area contributed by atoms with E-state index in [1.807, 2.05) is 20.0 Å². The maximum atomic E-state index is 6.04. The van der Waals surface area contributed by atoms with Gasteiger partial charge >= 0.3 is 0 Å². The number of hydrogen-bond acceptors (Lipinski definition) is 5. The third-order valence-corrected chi connectivity index (χ3v) is 6.48. The van der Waals surface area contributed by atoms with Gasteiger partial charge in [-0.3, -0.25) is 9.89 Å². The van der Waals surface area contributed by atoms with Gasteiger partial charge in [0.1, 0.15) is 11.6 Å². The smallest absolute Gasteiger partial charge is 0.180 e. The maximum Gasteiger partial charge on any atom is 0.180 e. The van der Waals surface area contributed by atoms with Crippen molar-refractivity contribution in [2.45, 2.75) is 45.2 Å². The van der Waals surface area contributed by atoms with Crippen LogP contribution in [0.1, 0.15) is 37.1 Å². The average Bonchev–Trinajstić information content (AvgIpc) is 3.35. The van der Waals surface area contributed by atoms with E-state index in [9.17, 15) is 0 Å². The Kier molecular flexibility index (Phi) is 4.98. The Morgan fingerprint density at radius 2 is 1.94 bits per heavy atom. The molecular formula is C24H29N7. The van der Waals surface area contributed by atoms with Crippen LogP contribution in [0.25, 0.3) is 33.3 Å². The first-order valence-electron chi connectivity index (χ1n) is 10.9. The number of nitrogens with two attached hydrogens (primary N) is 1. The normalized spacial score (nSPS) is 17.2. The summed E-state index contributed by atoms with van der Waals surface area (Å²) in [5.74, 6) is 1.30. The summed E-state index contributed by atoms with van der Waals surface area (Å²) >= 11 is 0. The molecule has 1 aliphatic rings. The quantitative estimate of drug-likeness (QED) is 0.459. The number of aromatic nitrogens is 4. The first-order valence-corrected chi connectivity index (χ1v) is 10.9. The van der Waals surface area contributed by atoms with Crippen molar-refractivity contribution in [3.8, 4) is 11.3 Å². The van der Waals surface area contributed by atoms with Crippen molar-refractivity contribution in [2.24, 2.45) is 4.99 Å². The van der Waals surface area contributed by atoms with E-state index in [1.165, 1.54) is 29.5 Å². The summed E-state index contributed by atoms with van der Waals surface area (Å²) in [6.45, 7) is 2.88. The lowest BCUT2D eigenvalue weighted by Gasteiger charge is -2.31. The highest BCUT2D eigenvalue weighted by Crippen LogP contribution is 2.31. The van der Waals surface area contributed by atoms with Crippen molar-refractivity contribution in [3.05, 3.63) is 41.7 Å². The van der Waals surface area contributed by atoms with Crippen LogP contribution in [0.2, 0.25) is 0 Å². The highest BCUT2D eigenvalue weighted by Gasteiger charge is 2.21. The number of H-pyrrole nitrogens is 2. The van der Waals surface area contributed by atoms with Gasteiger partial charge in [0.15, 0.2) is 5.65 Å². The predicted octanol–water partition coefficient (Wildman–Crippen LogP) is 4.44. The first kappa shape index (κ1) is 19.8. The molecule has 0 unspecified atom stereocenters. The number of aryl methyl sites for hydroxylation is 1. The van der Waals surface area contributed by atoms with Crippen molar-refractivity contribution < 1.29 is 0 Å². The van der Waals surface area contributed by atoms with E-state index in [0.717, 1.165) is 47.5 Å². The van der Waals surface area contributed by atoms with Crippen molar-refractivity contribution in [1.29, 1.82) is 0 Å². The molecule has 0 atom stereocenters. The zero-order chi connectivity index (χ0) is 21.5. The monoisotopic (exact) mass is 415 g/mol. The Labute approximate surface area is 181 Å². The third-order valence-electron chi connectivity index (χ3n) is 6.48. The number of benzene rings is 1.